The van der Waals surface area contributed by atoms with Crippen LogP contribution in [0.4, 0.5) is 5.82 Å². The first-order valence-corrected chi connectivity index (χ1v) is 7.47. The van der Waals surface area contributed by atoms with Crippen LogP contribution in [0.3, 0.4) is 0 Å². The molecule has 1 heterocycles. The van der Waals surface area contributed by atoms with Gasteiger partial charge in [-0.05, 0) is 53.6 Å². The fourth-order valence-corrected chi connectivity index (χ4v) is 2.71. The lowest BCUT2D eigenvalue weighted by molar-refractivity contribution is -0.390. The van der Waals surface area contributed by atoms with E-state index in [-0.39, 0.29) is 30.1 Å². The largest absolute Gasteiger partial charge is 0.476 e. The molecule has 0 saturated heterocycles. The van der Waals surface area contributed by atoms with Gasteiger partial charge in [0.15, 0.2) is 6.61 Å². The molecule has 0 atom stereocenters. The number of likely N-dealkylation sites (N-methyl/N-ethyl adjacent to an activating group) is 1. The van der Waals surface area contributed by atoms with Gasteiger partial charge in [0, 0.05) is 13.1 Å². The number of nitrogens with zero attached hydrogens (tertiary/aromatic N) is 3. The molecule has 1 aromatic rings. The van der Waals surface area contributed by atoms with E-state index in [1.165, 1.54) is 12.3 Å². The molecule has 0 aromatic carbocycles. The van der Waals surface area contributed by atoms with E-state index < -0.39 is 4.92 Å². The number of carbonyl (C=O) groups excluding carboxylic acids is 1. The molecule has 0 spiro atoms. The maximum absolute atomic E-state index is 12.2. The first-order valence-electron chi connectivity index (χ1n) is 7.47. The third kappa shape index (κ3) is 3.93. The lowest BCUT2D eigenvalue weighted by Crippen LogP contribution is -2.41. The van der Waals surface area contributed by atoms with Crippen LogP contribution in [-0.2, 0) is 4.79 Å². The van der Waals surface area contributed by atoms with Gasteiger partial charge in [-0.2, -0.15) is 0 Å². The Morgan fingerprint density at radius 2 is 2.14 bits per heavy atom. The summed E-state index contributed by atoms with van der Waals surface area (Å²) in [5.74, 6) is 0.197. The highest BCUT2D eigenvalue weighted by Crippen LogP contribution is 2.27. The molecule has 1 aliphatic carbocycles. The van der Waals surface area contributed by atoms with E-state index in [0.717, 1.165) is 25.7 Å². The van der Waals surface area contributed by atoms with Crippen LogP contribution in [0.5, 0.6) is 5.75 Å². The molecule has 0 radical (unpaired) electrons. The molecule has 1 fully saturated rings. The van der Waals surface area contributed by atoms with Gasteiger partial charge in [-0.3, -0.25) is 4.79 Å². The molecule has 22 heavy (non-hydrogen) atoms. The van der Waals surface area contributed by atoms with Crippen molar-refractivity contribution in [2.45, 2.75) is 38.6 Å². The van der Waals surface area contributed by atoms with E-state index in [1.807, 2.05) is 0 Å². The molecule has 2 rings (SSSR count). The number of carbonyl (C=O) groups is 1. The molecular weight excluding hydrogens is 286 g/mol. The average Bonchev–Trinajstić information content (AvgIpc) is 2.52. The second-order valence-corrected chi connectivity index (χ2v) is 5.79. The maximum Gasteiger partial charge on any atom is 0.406 e. The van der Waals surface area contributed by atoms with E-state index >= 15 is 0 Å². The lowest BCUT2D eigenvalue weighted by Gasteiger charge is -2.33. The van der Waals surface area contributed by atoms with Gasteiger partial charge in [-0.25, -0.2) is 0 Å². The number of pyridine rings is 1. The molecule has 0 bridgehead atoms. The third-order valence-corrected chi connectivity index (χ3v) is 4.20. The van der Waals surface area contributed by atoms with E-state index in [0.29, 0.717) is 5.92 Å². The zero-order valence-electron chi connectivity index (χ0n) is 12.9. The summed E-state index contributed by atoms with van der Waals surface area (Å²) in [5.41, 5.74) is 0. The Hall–Kier alpha value is -2.18. The number of ether oxygens (including phenoxy) is 1. The van der Waals surface area contributed by atoms with E-state index in [4.69, 9.17) is 4.74 Å². The smallest absolute Gasteiger partial charge is 0.406 e. The zero-order valence-corrected chi connectivity index (χ0v) is 12.9. The summed E-state index contributed by atoms with van der Waals surface area (Å²) in [6.07, 6.45) is 5.56. The minimum atomic E-state index is -0.619. The minimum Gasteiger partial charge on any atom is -0.476 e. The lowest BCUT2D eigenvalue weighted by atomic mass is 9.87. The van der Waals surface area contributed by atoms with Crippen molar-refractivity contribution in [3.05, 3.63) is 28.4 Å². The number of rotatable bonds is 5. The van der Waals surface area contributed by atoms with Crippen molar-refractivity contribution in [2.75, 3.05) is 13.7 Å². The molecule has 0 N–H and O–H groups in total. The van der Waals surface area contributed by atoms with Crippen LogP contribution in [0.2, 0.25) is 0 Å². The van der Waals surface area contributed by atoms with Crippen LogP contribution in [0.25, 0.3) is 0 Å². The average molecular weight is 307 g/mol. The fraction of sp³-hybridized carbons (Fsp3) is 0.600. The van der Waals surface area contributed by atoms with Crippen LogP contribution >= 0.6 is 0 Å². The van der Waals surface area contributed by atoms with Gasteiger partial charge in [-0.15, -0.1) is 0 Å². The van der Waals surface area contributed by atoms with Crippen LogP contribution < -0.4 is 4.74 Å². The van der Waals surface area contributed by atoms with Crippen molar-refractivity contribution in [2.24, 2.45) is 5.92 Å². The van der Waals surface area contributed by atoms with Crippen molar-refractivity contribution in [3.63, 3.8) is 0 Å². The Balaban J connectivity index is 1.91. The SMILES string of the molecule is CC1CCC(N(C)C(=O)COc2cccnc2[N+](=O)[O-])CC1. The minimum absolute atomic E-state index is 0.0199. The van der Waals surface area contributed by atoms with Crippen LogP contribution in [0.1, 0.15) is 32.6 Å². The Morgan fingerprint density at radius 3 is 2.77 bits per heavy atom. The van der Waals surface area contributed by atoms with Gasteiger partial charge >= 0.3 is 5.82 Å². The standard InChI is InChI=1S/C15H21N3O4/c1-11-5-7-12(8-6-11)17(2)14(19)10-22-13-4-3-9-16-15(13)18(20)21/h3-4,9,11-12H,5-8,10H2,1-2H3. The van der Waals surface area contributed by atoms with Gasteiger partial charge in [-0.1, -0.05) is 6.92 Å². The molecule has 1 amide bonds. The molecule has 0 aliphatic heterocycles. The number of amides is 1. The Labute approximate surface area is 129 Å². The van der Waals surface area contributed by atoms with Gasteiger partial charge in [0.2, 0.25) is 5.75 Å². The summed E-state index contributed by atoms with van der Waals surface area (Å²) in [5, 5.41) is 10.8. The number of nitro groups is 1. The summed E-state index contributed by atoms with van der Waals surface area (Å²) >= 11 is 0. The third-order valence-electron chi connectivity index (χ3n) is 4.20. The fourth-order valence-electron chi connectivity index (χ4n) is 2.71. The van der Waals surface area contributed by atoms with Crippen LogP contribution in [-0.4, -0.2) is 40.4 Å². The molecular formula is C15H21N3O4. The van der Waals surface area contributed by atoms with E-state index in [9.17, 15) is 14.9 Å². The summed E-state index contributed by atoms with van der Waals surface area (Å²) in [4.78, 5) is 27.8. The summed E-state index contributed by atoms with van der Waals surface area (Å²) < 4.78 is 5.30. The highest BCUT2D eigenvalue weighted by atomic mass is 16.6. The molecule has 7 heteroatoms. The first kappa shape index (κ1) is 16.2. The van der Waals surface area contributed by atoms with Crippen LogP contribution in [0.15, 0.2) is 18.3 Å². The highest BCUT2D eigenvalue weighted by molar-refractivity contribution is 5.78. The Kier molecular flexibility index (Phi) is 5.30. The van der Waals surface area contributed by atoms with Crippen molar-refractivity contribution in [1.29, 1.82) is 0 Å². The zero-order chi connectivity index (χ0) is 16.1. The van der Waals surface area contributed by atoms with E-state index in [1.54, 1.807) is 18.0 Å². The first-order chi connectivity index (χ1) is 10.5. The van der Waals surface area contributed by atoms with Crippen molar-refractivity contribution < 1.29 is 14.5 Å². The van der Waals surface area contributed by atoms with Crippen LogP contribution in [0, 0.1) is 16.0 Å². The number of aromatic nitrogens is 1. The van der Waals surface area contributed by atoms with Crippen molar-refractivity contribution in [1.82, 2.24) is 9.88 Å². The van der Waals surface area contributed by atoms with Gasteiger partial charge in [0.05, 0.1) is 0 Å². The second-order valence-electron chi connectivity index (χ2n) is 5.79. The molecule has 7 nitrogen and oxygen atoms in total. The second kappa shape index (κ2) is 7.20. The molecule has 0 unspecified atom stereocenters. The van der Waals surface area contributed by atoms with Gasteiger partial charge < -0.3 is 19.8 Å². The Bertz CT molecular complexity index is 541. The molecule has 1 aromatic heterocycles. The van der Waals surface area contributed by atoms with Crippen molar-refractivity contribution >= 4 is 11.7 Å². The molecule has 1 saturated carbocycles. The normalized spacial score (nSPS) is 21.2. The predicted molar refractivity (Wildman–Crippen MR) is 80.6 cm³/mol. The summed E-state index contributed by atoms with van der Waals surface area (Å²) in [6.45, 7) is 2.01. The molecule has 120 valence electrons. The monoisotopic (exact) mass is 307 g/mol. The summed E-state index contributed by atoms with van der Waals surface area (Å²) in [7, 11) is 1.77. The Morgan fingerprint density at radius 1 is 1.45 bits per heavy atom. The van der Waals surface area contributed by atoms with Gasteiger partial charge in [0.25, 0.3) is 5.91 Å². The van der Waals surface area contributed by atoms with Crippen molar-refractivity contribution in [3.8, 4) is 5.75 Å². The number of hydrogen-bond acceptors (Lipinski definition) is 5. The quantitative estimate of drug-likeness (QED) is 0.616. The topological polar surface area (TPSA) is 85.6 Å². The highest BCUT2D eigenvalue weighted by Gasteiger charge is 2.25. The maximum atomic E-state index is 12.2. The molecule has 1 aliphatic rings. The predicted octanol–water partition coefficient (Wildman–Crippen LogP) is 2.41. The number of hydrogen-bond donors (Lipinski definition) is 0. The van der Waals surface area contributed by atoms with Gasteiger partial charge in [0.1, 0.15) is 6.20 Å². The summed E-state index contributed by atoms with van der Waals surface area (Å²) in [6, 6.07) is 3.22. The van der Waals surface area contributed by atoms with E-state index in [2.05, 4.69) is 11.9 Å².